The lowest BCUT2D eigenvalue weighted by atomic mass is 10.1. The average Bonchev–Trinajstić information content (AvgIpc) is 2.71. The number of ether oxygens (including phenoxy) is 2. The predicted molar refractivity (Wildman–Crippen MR) is 106 cm³/mol. The number of phenolic OH excluding ortho intramolecular Hbond substituents is 1. The lowest BCUT2D eigenvalue weighted by Crippen LogP contribution is -2.36. The number of aromatic hydroxyl groups is 1. The number of hydrogen-bond donors (Lipinski definition) is 3. The number of fused-ring (bicyclic) bond motifs is 1. The highest BCUT2D eigenvalue weighted by molar-refractivity contribution is 5.86. The van der Waals surface area contributed by atoms with E-state index < -0.39 is 12.0 Å². The Balaban J connectivity index is 1.77. The molecule has 1 aromatic heterocycles. The van der Waals surface area contributed by atoms with Gasteiger partial charge in [-0.05, 0) is 0 Å². The Bertz CT molecular complexity index is 1050. The summed E-state index contributed by atoms with van der Waals surface area (Å²) >= 11 is 0. The summed E-state index contributed by atoms with van der Waals surface area (Å²) in [5.74, 6) is -0.249. The molecule has 29 heavy (non-hydrogen) atoms. The Kier molecular flexibility index (Phi) is 6.48. The van der Waals surface area contributed by atoms with Gasteiger partial charge in [-0.25, -0.2) is 0 Å². The molecule has 1 atom stereocenters. The highest BCUT2D eigenvalue weighted by Gasteiger charge is 2.14. The molecule has 0 aliphatic heterocycles. The summed E-state index contributed by atoms with van der Waals surface area (Å²) in [6, 6.07) is 13.1. The number of nitrogens with one attached hydrogen (secondary N) is 1. The summed E-state index contributed by atoms with van der Waals surface area (Å²) in [6.45, 7) is -0.218. The lowest BCUT2D eigenvalue weighted by molar-refractivity contribution is -0.123. The summed E-state index contributed by atoms with van der Waals surface area (Å²) in [7, 11) is 1.45. The fraction of sp³-hybridized carbons (Fsp3) is 0.238. The monoisotopic (exact) mass is 399 g/mol. The zero-order valence-electron chi connectivity index (χ0n) is 15.8. The van der Waals surface area contributed by atoms with E-state index in [9.17, 15) is 19.8 Å². The van der Waals surface area contributed by atoms with Crippen LogP contribution in [-0.2, 0) is 9.53 Å². The van der Waals surface area contributed by atoms with Crippen LogP contribution >= 0.6 is 0 Å². The van der Waals surface area contributed by atoms with Gasteiger partial charge < -0.3 is 29.4 Å². The largest absolute Gasteiger partial charge is 0.507 e. The molecular weight excluding hydrogens is 378 g/mol. The molecule has 0 radical (unpaired) electrons. The normalized spacial score (nSPS) is 11.9. The predicted octanol–water partition coefficient (Wildman–Crippen LogP) is 1.67. The van der Waals surface area contributed by atoms with Crippen LogP contribution in [0, 0.1) is 0 Å². The highest BCUT2D eigenvalue weighted by atomic mass is 16.5. The molecule has 1 amide bonds. The van der Waals surface area contributed by atoms with Crippen LogP contribution in [-0.4, -0.2) is 49.1 Å². The minimum absolute atomic E-state index is 0.0221. The highest BCUT2D eigenvalue weighted by Crippen LogP contribution is 2.31. The van der Waals surface area contributed by atoms with Gasteiger partial charge in [0.1, 0.15) is 28.2 Å². The molecule has 3 rings (SSSR count). The fourth-order valence-electron chi connectivity index (χ4n) is 2.75. The summed E-state index contributed by atoms with van der Waals surface area (Å²) in [5, 5.41) is 22.3. The third-order valence-electron chi connectivity index (χ3n) is 4.11. The number of carbonyl (C=O) groups excluding carboxylic acids is 1. The van der Waals surface area contributed by atoms with Crippen LogP contribution in [0.2, 0.25) is 0 Å². The Labute approximate surface area is 166 Å². The number of aliphatic hydroxyl groups excluding tert-OH is 1. The Morgan fingerprint density at radius 1 is 1.21 bits per heavy atom. The van der Waals surface area contributed by atoms with Crippen molar-refractivity contribution in [2.75, 3.05) is 26.9 Å². The molecule has 0 aliphatic carbocycles. The number of rotatable bonds is 8. The number of benzene rings is 2. The minimum Gasteiger partial charge on any atom is -0.507 e. The van der Waals surface area contributed by atoms with Gasteiger partial charge in [-0.15, -0.1) is 0 Å². The van der Waals surface area contributed by atoms with Gasteiger partial charge in [0, 0.05) is 37.4 Å². The number of methoxy groups -OCH3 is 1. The van der Waals surface area contributed by atoms with Gasteiger partial charge in [0.25, 0.3) is 5.91 Å². The van der Waals surface area contributed by atoms with Crippen molar-refractivity contribution < 1.29 is 28.9 Å². The zero-order valence-corrected chi connectivity index (χ0v) is 15.8. The maximum atomic E-state index is 12.4. The molecule has 8 heteroatoms. The van der Waals surface area contributed by atoms with Crippen LogP contribution in [0.4, 0.5) is 0 Å². The number of aliphatic hydroxyl groups is 1. The first kappa shape index (κ1) is 20.4. The maximum absolute atomic E-state index is 12.4. The molecule has 1 unspecified atom stereocenters. The van der Waals surface area contributed by atoms with Crippen molar-refractivity contribution >= 4 is 16.9 Å². The van der Waals surface area contributed by atoms with Gasteiger partial charge in [0.15, 0.2) is 12.0 Å². The Morgan fingerprint density at radius 2 is 1.97 bits per heavy atom. The van der Waals surface area contributed by atoms with Crippen molar-refractivity contribution in [1.82, 2.24) is 5.32 Å². The van der Waals surface area contributed by atoms with Gasteiger partial charge in [-0.3, -0.25) is 9.59 Å². The van der Waals surface area contributed by atoms with E-state index in [4.69, 9.17) is 13.9 Å². The summed E-state index contributed by atoms with van der Waals surface area (Å²) in [5.41, 5.74) is 0.465. The van der Waals surface area contributed by atoms with Crippen LogP contribution in [0.25, 0.3) is 22.3 Å². The van der Waals surface area contributed by atoms with Gasteiger partial charge >= 0.3 is 0 Å². The molecule has 0 bridgehead atoms. The van der Waals surface area contributed by atoms with Crippen LogP contribution in [0.15, 0.2) is 57.7 Å². The summed E-state index contributed by atoms with van der Waals surface area (Å²) in [4.78, 5) is 24.3. The van der Waals surface area contributed by atoms with E-state index in [2.05, 4.69) is 5.32 Å². The molecule has 2 aromatic carbocycles. The standard InChI is InChI=1S/C21H21NO7/c1-27-11-14(23)10-22-20(26)12-28-15-7-16(24)21-17(25)9-18(29-19(21)8-15)13-5-3-2-4-6-13/h2-9,14,23-24H,10-12H2,1H3,(H,22,26). The molecule has 3 aromatic rings. The van der Waals surface area contributed by atoms with Gasteiger partial charge in [-0.2, -0.15) is 0 Å². The van der Waals surface area contributed by atoms with E-state index in [-0.39, 0.29) is 47.7 Å². The number of hydrogen-bond acceptors (Lipinski definition) is 7. The summed E-state index contributed by atoms with van der Waals surface area (Å²) in [6.07, 6.45) is -0.820. The van der Waals surface area contributed by atoms with Crippen LogP contribution in [0.3, 0.4) is 0 Å². The number of amides is 1. The SMILES string of the molecule is COCC(O)CNC(=O)COc1cc(O)c2c(=O)cc(-c3ccccc3)oc2c1. The quantitative estimate of drug-likeness (QED) is 0.527. The molecule has 152 valence electrons. The second kappa shape index (κ2) is 9.22. The Hall–Kier alpha value is -3.36. The van der Waals surface area contributed by atoms with E-state index in [1.54, 1.807) is 12.1 Å². The Morgan fingerprint density at radius 3 is 2.69 bits per heavy atom. The fourth-order valence-corrected chi connectivity index (χ4v) is 2.75. The second-order valence-corrected chi connectivity index (χ2v) is 6.36. The molecular formula is C21H21NO7. The van der Waals surface area contributed by atoms with Gasteiger partial charge in [-0.1, -0.05) is 30.3 Å². The molecule has 0 aliphatic rings. The van der Waals surface area contributed by atoms with E-state index in [1.165, 1.54) is 25.3 Å². The number of carbonyl (C=O) groups is 1. The molecule has 0 saturated heterocycles. The smallest absolute Gasteiger partial charge is 0.258 e. The van der Waals surface area contributed by atoms with E-state index in [0.717, 1.165) is 0 Å². The minimum atomic E-state index is -0.820. The van der Waals surface area contributed by atoms with Gasteiger partial charge in [0.2, 0.25) is 0 Å². The average molecular weight is 399 g/mol. The van der Waals surface area contributed by atoms with Crippen molar-refractivity contribution in [3.05, 3.63) is 58.8 Å². The maximum Gasteiger partial charge on any atom is 0.258 e. The molecule has 0 spiro atoms. The number of phenols is 1. The lowest BCUT2D eigenvalue weighted by Gasteiger charge is -2.12. The zero-order chi connectivity index (χ0) is 20.8. The van der Waals surface area contributed by atoms with Crippen LogP contribution < -0.4 is 15.5 Å². The van der Waals surface area contributed by atoms with E-state index in [0.29, 0.717) is 11.3 Å². The topological polar surface area (TPSA) is 118 Å². The third-order valence-corrected chi connectivity index (χ3v) is 4.11. The van der Waals surface area contributed by atoms with Crippen molar-refractivity contribution in [3.63, 3.8) is 0 Å². The first-order valence-electron chi connectivity index (χ1n) is 8.90. The van der Waals surface area contributed by atoms with E-state index >= 15 is 0 Å². The first-order valence-corrected chi connectivity index (χ1v) is 8.90. The van der Waals surface area contributed by atoms with Crippen molar-refractivity contribution in [2.24, 2.45) is 0 Å². The molecule has 0 fully saturated rings. The van der Waals surface area contributed by atoms with E-state index in [1.807, 2.05) is 18.2 Å². The first-order chi connectivity index (χ1) is 14.0. The molecule has 1 heterocycles. The van der Waals surface area contributed by atoms with Crippen molar-refractivity contribution in [3.8, 4) is 22.8 Å². The molecule has 8 nitrogen and oxygen atoms in total. The van der Waals surface area contributed by atoms with Gasteiger partial charge in [0.05, 0.1) is 12.7 Å². The van der Waals surface area contributed by atoms with Crippen LogP contribution in [0.1, 0.15) is 0 Å². The third kappa shape index (κ3) is 5.13. The second-order valence-electron chi connectivity index (χ2n) is 6.36. The van der Waals surface area contributed by atoms with Crippen LogP contribution in [0.5, 0.6) is 11.5 Å². The van der Waals surface area contributed by atoms with Crippen molar-refractivity contribution in [2.45, 2.75) is 6.10 Å². The molecule has 0 saturated carbocycles. The summed E-state index contributed by atoms with van der Waals surface area (Å²) < 4.78 is 15.9. The molecule has 3 N–H and O–H groups in total. The van der Waals surface area contributed by atoms with Crippen molar-refractivity contribution in [1.29, 1.82) is 0 Å².